The molecule has 0 atom stereocenters. The van der Waals surface area contributed by atoms with Crippen LogP contribution in [-0.2, 0) is 0 Å². The lowest BCUT2D eigenvalue weighted by Gasteiger charge is -2.28. The quantitative estimate of drug-likeness (QED) is 0.653. The van der Waals surface area contributed by atoms with Gasteiger partial charge in [-0.25, -0.2) is 0 Å². The summed E-state index contributed by atoms with van der Waals surface area (Å²) < 4.78 is 0. The third-order valence-electron chi connectivity index (χ3n) is 2.96. The second-order valence-corrected chi connectivity index (χ2v) is 4.70. The Bertz CT molecular complexity index is 187. The Morgan fingerprint density at radius 3 is 2.14 bits per heavy atom. The van der Waals surface area contributed by atoms with Crippen LogP contribution in [0, 0.1) is 16.7 Å². The van der Waals surface area contributed by atoms with E-state index in [1.54, 1.807) is 0 Å². The van der Waals surface area contributed by atoms with E-state index in [0.717, 1.165) is 13.0 Å². The maximum atomic E-state index is 8.89. The zero-order chi connectivity index (χ0) is 11.2. The average molecular weight is 196 g/mol. The van der Waals surface area contributed by atoms with E-state index in [1.807, 2.05) is 13.8 Å². The minimum absolute atomic E-state index is 0.180. The Kier molecular flexibility index (Phi) is 5.79. The summed E-state index contributed by atoms with van der Waals surface area (Å²) in [6.07, 6.45) is 3.34. The first kappa shape index (κ1) is 13.4. The van der Waals surface area contributed by atoms with E-state index >= 15 is 0 Å². The first-order chi connectivity index (χ1) is 6.46. The molecule has 0 bridgehead atoms. The van der Waals surface area contributed by atoms with Crippen molar-refractivity contribution in [2.75, 3.05) is 13.6 Å². The van der Waals surface area contributed by atoms with Gasteiger partial charge in [0.15, 0.2) is 0 Å². The molecule has 0 heterocycles. The van der Waals surface area contributed by atoms with Crippen molar-refractivity contribution in [2.24, 2.45) is 5.41 Å². The van der Waals surface area contributed by atoms with Crippen molar-refractivity contribution in [3.63, 3.8) is 0 Å². The zero-order valence-corrected chi connectivity index (χ0v) is 10.3. The molecule has 2 heteroatoms. The molecule has 0 aliphatic rings. The van der Waals surface area contributed by atoms with Crippen LogP contribution >= 0.6 is 0 Å². The normalized spacial score (nSPS) is 12.1. The van der Waals surface area contributed by atoms with Gasteiger partial charge in [0.05, 0.1) is 11.5 Å². The molecule has 0 aromatic heterocycles. The van der Waals surface area contributed by atoms with Crippen molar-refractivity contribution in [1.82, 2.24) is 4.90 Å². The summed E-state index contributed by atoms with van der Waals surface area (Å²) >= 11 is 0. The fourth-order valence-corrected chi connectivity index (χ4v) is 1.61. The lowest BCUT2D eigenvalue weighted by Crippen LogP contribution is -2.33. The van der Waals surface area contributed by atoms with Crippen LogP contribution in [0.25, 0.3) is 0 Å². The number of hydrogen-bond donors (Lipinski definition) is 0. The fourth-order valence-electron chi connectivity index (χ4n) is 1.61. The van der Waals surface area contributed by atoms with E-state index in [1.165, 1.54) is 12.8 Å². The summed E-state index contributed by atoms with van der Waals surface area (Å²) in [5.41, 5.74) is -0.180. The molecule has 2 nitrogen and oxygen atoms in total. The second-order valence-electron chi connectivity index (χ2n) is 4.70. The van der Waals surface area contributed by atoms with E-state index < -0.39 is 0 Å². The van der Waals surface area contributed by atoms with E-state index in [0.29, 0.717) is 6.04 Å². The highest BCUT2D eigenvalue weighted by Gasteiger charge is 2.19. The molecule has 0 saturated heterocycles. The maximum absolute atomic E-state index is 8.89. The molecule has 0 aliphatic heterocycles. The van der Waals surface area contributed by atoms with Gasteiger partial charge < -0.3 is 4.90 Å². The molecule has 0 aromatic rings. The van der Waals surface area contributed by atoms with Gasteiger partial charge in [-0.2, -0.15) is 5.26 Å². The monoisotopic (exact) mass is 196 g/mol. The van der Waals surface area contributed by atoms with E-state index in [4.69, 9.17) is 5.26 Å². The van der Waals surface area contributed by atoms with Gasteiger partial charge in [0, 0.05) is 6.04 Å². The smallest absolute Gasteiger partial charge is 0.0684 e. The van der Waals surface area contributed by atoms with Crippen molar-refractivity contribution < 1.29 is 0 Å². The number of hydrogen-bond acceptors (Lipinski definition) is 2. The SMILES string of the molecule is CCC(CC)N(C)CCC(C)(C)C#N. The van der Waals surface area contributed by atoms with Crippen molar-refractivity contribution in [3.8, 4) is 6.07 Å². The summed E-state index contributed by atoms with van der Waals surface area (Å²) in [5, 5.41) is 8.89. The topological polar surface area (TPSA) is 27.0 Å². The minimum Gasteiger partial charge on any atom is -0.303 e. The highest BCUT2D eigenvalue weighted by molar-refractivity contribution is 4.92. The molecule has 0 aliphatic carbocycles. The van der Waals surface area contributed by atoms with E-state index in [-0.39, 0.29) is 5.41 Å². The summed E-state index contributed by atoms with van der Waals surface area (Å²) in [6, 6.07) is 3.02. The van der Waals surface area contributed by atoms with Crippen molar-refractivity contribution in [2.45, 2.75) is 53.0 Å². The van der Waals surface area contributed by atoms with Crippen LogP contribution in [0.1, 0.15) is 47.0 Å². The summed E-state index contributed by atoms with van der Waals surface area (Å²) in [4.78, 5) is 2.37. The molecule has 0 spiro atoms. The molecule has 0 amide bonds. The molecule has 0 aromatic carbocycles. The van der Waals surface area contributed by atoms with Crippen LogP contribution in [0.3, 0.4) is 0 Å². The Balaban J connectivity index is 3.96. The van der Waals surface area contributed by atoms with E-state index in [2.05, 4.69) is 31.9 Å². The fraction of sp³-hybridized carbons (Fsp3) is 0.917. The maximum Gasteiger partial charge on any atom is 0.0684 e. The summed E-state index contributed by atoms with van der Waals surface area (Å²) in [6.45, 7) is 9.48. The molecular formula is C12H24N2. The predicted molar refractivity (Wildman–Crippen MR) is 61.0 cm³/mol. The first-order valence-corrected chi connectivity index (χ1v) is 5.58. The molecule has 0 radical (unpaired) electrons. The largest absolute Gasteiger partial charge is 0.303 e. The van der Waals surface area contributed by atoms with Gasteiger partial charge in [0.2, 0.25) is 0 Å². The Morgan fingerprint density at radius 2 is 1.79 bits per heavy atom. The van der Waals surface area contributed by atoms with Crippen LogP contribution < -0.4 is 0 Å². The Morgan fingerprint density at radius 1 is 1.29 bits per heavy atom. The summed E-state index contributed by atoms with van der Waals surface area (Å²) in [5.74, 6) is 0. The van der Waals surface area contributed by atoms with Gasteiger partial charge in [0.25, 0.3) is 0 Å². The van der Waals surface area contributed by atoms with Crippen LogP contribution in [0.5, 0.6) is 0 Å². The van der Waals surface area contributed by atoms with Gasteiger partial charge in [-0.1, -0.05) is 13.8 Å². The minimum atomic E-state index is -0.180. The molecule has 82 valence electrons. The third-order valence-corrected chi connectivity index (χ3v) is 2.96. The second kappa shape index (κ2) is 6.03. The molecule has 0 rings (SSSR count). The molecule has 0 saturated carbocycles. The van der Waals surface area contributed by atoms with Crippen molar-refractivity contribution in [3.05, 3.63) is 0 Å². The van der Waals surface area contributed by atoms with E-state index in [9.17, 15) is 0 Å². The van der Waals surface area contributed by atoms with Gasteiger partial charge >= 0.3 is 0 Å². The zero-order valence-electron chi connectivity index (χ0n) is 10.3. The summed E-state index contributed by atoms with van der Waals surface area (Å²) in [7, 11) is 2.16. The molecule has 0 unspecified atom stereocenters. The lowest BCUT2D eigenvalue weighted by molar-refractivity contribution is 0.207. The highest BCUT2D eigenvalue weighted by atomic mass is 15.1. The molecule has 0 fully saturated rings. The van der Waals surface area contributed by atoms with Crippen LogP contribution in [0.4, 0.5) is 0 Å². The highest BCUT2D eigenvalue weighted by Crippen LogP contribution is 2.19. The van der Waals surface area contributed by atoms with Gasteiger partial charge in [0.1, 0.15) is 0 Å². The predicted octanol–water partition coefficient (Wildman–Crippen LogP) is 3.05. The number of nitrogens with zero attached hydrogens (tertiary/aromatic N) is 2. The van der Waals surface area contributed by atoms with Crippen LogP contribution in [0.2, 0.25) is 0 Å². The average Bonchev–Trinajstić information content (AvgIpc) is 2.17. The Hall–Kier alpha value is -0.550. The standard InChI is InChI=1S/C12H24N2/c1-6-11(7-2)14(5)9-8-12(3,4)10-13/h11H,6-9H2,1-5H3. The van der Waals surface area contributed by atoms with Crippen molar-refractivity contribution in [1.29, 1.82) is 5.26 Å². The number of rotatable bonds is 6. The van der Waals surface area contributed by atoms with Crippen LogP contribution in [-0.4, -0.2) is 24.5 Å². The first-order valence-electron chi connectivity index (χ1n) is 5.58. The van der Waals surface area contributed by atoms with Gasteiger partial charge in [-0.15, -0.1) is 0 Å². The number of nitriles is 1. The lowest BCUT2D eigenvalue weighted by atomic mass is 9.91. The van der Waals surface area contributed by atoms with Gasteiger partial charge in [-0.05, 0) is 46.7 Å². The molecular weight excluding hydrogens is 172 g/mol. The third kappa shape index (κ3) is 4.62. The van der Waals surface area contributed by atoms with Crippen molar-refractivity contribution >= 4 is 0 Å². The Labute approximate surface area is 88.9 Å². The van der Waals surface area contributed by atoms with Gasteiger partial charge in [-0.3, -0.25) is 0 Å². The molecule has 0 N–H and O–H groups in total. The molecule has 14 heavy (non-hydrogen) atoms. The van der Waals surface area contributed by atoms with Crippen LogP contribution in [0.15, 0.2) is 0 Å².